The molecule has 1 aromatic carbocycles. The summed E-state index contributed by atoms with van der Waals surface area (Å²) in [5, 5.41) is 10.2. The molecule has 2 amide bonds. The van der Waals surface area contributed by atoms with Crippen LogP contribution in [0.1, 0.15) is 42.5 Å². The van der Waals surface area contributed by atoms with E-state index in [0.717, 1.165) is 37.9 Å². The van der Waals surface area contributed by atoms with Gasteiger partial charge in [-0.25, -0.2) is 4.98 Å². The number of likely N-dealkylation sites (N-methyl/N-ethyl adjacent to an activating group) is 1. The lowest BCUT2D eigenvalue weighted by Gasteiger charge is -2.39. The van der Waals surface area contributed by atoms with Gasteiger partial charge in [0, 0.05) is 25.8 Å². The van der Waals surface area contributed by atoms with Gasteiger partial charge in [0.2, 0.25) is 0 Å². The molecule has 1 fully saturated rings. The van der Waals surface area contributed by atoms with Gasteiger partial charge < -0.3 is 20.9 Å². The van der Waals surface area contributed by atoms with Gasteiger partial charge in [0.05, 0.1) is 23.3 Å². The maximum Gasteiger partial charge on any atom is 0.314 e. The molecule has 0 saturated carbocycles. The number of nitrogens with one attached hydrogen (secondary N) is 2. The molecule has 0 spiro atoms. The van der Waals surface area contributed by atoms with E-state index >= 15 is 0 Å². The highest BCUT2D eigenvalue weighted by Crippen LogP contribution is 2.35. The van der Waals surface area contributed by atoms with E-state index in [4.69, 9.17) is 5.73 Å². The van der Waals surface area contributed by atoms with Gasteiger partial charge in [-0.1, -0.05) is 25.1 Å². The standard InChI is InChI=1S/C24H29N7O2/c1-14-3-6-20(16-5-4-15-7-8-30(2)13-17(15)9-16)31(12-14)24(33)23(32)28-19-11-26-22(25)18-10-27-29-21(18)19/h4-5,9-11,14,20H,3,6-8,12-13H2,1-2H3,(H2,25,26)(H,27,29)(H,28,32)/t14-,20?/m0/s1. The van der Waals surface area contributed by atoms with Crippen molar-refractivity contribution in [2.75, 3.05) is 31.2 Å². The third kappa shape index (κ3) is 4.04. The molecule has 1 saturated heterocycles. The number of likely N-dealkylation sites (tertiary alicyclic amines) is 1. The Labute approximate surface area is 192 Å². The summed E-state index contributed by atoms with van der Waals surface area (Å²) < 4.78 is 0. The molecular weight excluding hydrogens is 418 g/mol. The van der Waals surface area contributed by atoms with Crippen molar-refractivity contribution < 1.29 is 9.59 Å². The number of anilines is 2. The third-order valence-corrected chi connectivity index (χ3v) is 6.84. The molecule has 172 valence electrons. The van der Waals surface area contributed by atoms with Crippen molar-refractivity contribution in [3.8, 4) is 0 Å². The van der Waals surface area contributed by atoms with Crippen LogP contribution in [0.5, 0.6) is 0 Å². The minimum Gasteiger partial charge on any atom is -0.383 e. The fraction of sp³-hybridized carbons (Fsp3) is 0.417. The number of pyridine rings is 1. The van der Waals surface area contributed by atoms with Gasteiger partial charge in [-0.15, -0.1) is 0 Å². The first-order valence-electron chi connectivity index (χ1n) is 11.4. The molecule has 2 aliphatic heterocycles. The number of aromatic amines is 1. The number of hydrogen-bond donors (Lipinski definition) is 3. The Balaban J connectivity index is 1.40. The van der Waals surface area contributed by atoms with Gasteiger partial charge in [0.25, 0.3) is 0 Å². The molecule has 9 nitrogen and oxygen atoms in total. The number of aromatic nitrogens is 3. The van der Waals surface area contributed by atoms with E-state index in [2.05, 4.69) is 57.6 Å². The van der Waals surface area contributed by atoms with Crippen LogP contribution in [0, 0.1) is 5.92 Å². The molecule has 2 atom stereocenters. The molecule has 2 aliphatic rings. The van der Waals surface area contributed by atoms with Crippen molar-refractivity contribution in [2.45, 2.75) is 38.8 Å². The van der Waals surface area contributed by atoms with E-state index in [9.17, 15) is 9.59 Å². The first-order valence-corrected chi connectivity index (χ1v) is 11.4. The normalized spacial score (nSPS) is 21.1. The second-order valence-corrected chi connectivity index (χ2v) is 9.33. The number of fused-ring (bicyclic) bond motifs is 2. The predicted octanol–water partition coefficient (Wildman–Crippen LogP) is 2.47. The maximum atomic E-state index is 13.3. The Hall–Kier alpha value is -3.46. The minimum absolute atomic E-state index is 0.119. The SMILES string of the molecule is C[C@H]1CCC(c2ccc3c(c2)CN(C)CC3)N(C(=O)C(=O)Nc2cnc(N)c3c[nH]nc23)C1. The van der Waals surface area contributed by atoms with E-state index in [1.807, 2.05) is 0 Å². The lowest BCUT2D eigenvalue weighted by molar-refractivity contribution is -0.146. The number of amides is 2. The molecule has 5 rings (SSSR count). The third-order valence-electron chi connectivity index (χ3n) is 6.84. The van der Waals surface area contributed by atoms with Gasteiger partial charge in [-0.2, -0.15) is 5.10 Å². The van der Waals surface area contributed by atoms with Gasteiger partial charge >= 0.3 is 11.8 Å². The fourth-order valence-electron chi connectivity index (χ4n) is 5.00. The van der Waals surface area contributed by atoms with Crippen LogP contribution in [0.4, 0.5) is 11.5 Å². The molecule has 1 unspecified atom stereocenters. The molecule has 0 bridgehead atoms. The summed E-state index contributed by atoms with van der Waals surface area (Å²) in [6.07, 6.45) is 5.94. The number of carbonyl (C=O) groups is 2. The van der Waals surface area contributed by atoms with Crippen LogP contribution in [0.2, 0.25) is 0 Å². The lowest BCUT2D eigenvalue weighted by atomic mass is 9.87. The van der Waals surface area contributed by atoms with Crippen LogP contribution in [0.25, 0.3) is 10.9 Å². The summed E-state index contributed by atoms with van der Waals surface area (Å²) in [6, 6.07) is 6.42. The van der Waals surface area contributed by atoms with Crippen molar-refractivity contribution in [1.82, 2.24) is 25.0 Å². The average molecular weight is 448 g/mol. The monoisotopic (exact) mass is 447 g/mol. The Morgan fingerprint density at radius 2 is 2.09 bits per heavy atom. The molecule has 4 heterocycles. The van der Waals surface area contributed by atoms with Crippen molar-refractivity contribution >= 4 is 34.2 Å². The number of carbonyl (C=O) groups excluding carboxylic acids is 2. The number of benzene rings is 1. The summed E-state index contributed by atoms with van der Waals surface area (Å²) in [7, 11) is 2.13. The van der Waals surface area contributed by atoms with Crippen LogP contribution >= 0.6 is 0 Å². The maximum absolute atomic E-state index is 13.3. The van der Waals surface area contributed by atoms with Crippen LogP contribution in [0.3, 0.4) is 0 Å². The highest BCUT2D eigenvalue weighted by atomic mass is 16.2. The molecule has 33 heavy (non-hydrogen) atoms. The predicted molar refractivity (Wildman–Crippen MR) is 126 cm³/mol. The lowest BCUT2D eigenvalue weighted by Crippen LogP contribution is -2.46. The number of nitrogens with two attached hydrogens (primary N) is 1. The van der Waals surface area contributed by atoms with Gasteiger partial charge in [-0.05, 0) is 48.9 Å². The molecule has 4 N–H and O–H groups in total. The molecular formula is C24H29N7O2. The van der Waals surface area contributed by atoms with E-state index in [0.29, 0.717) is 34.9 Å². The van der Waals surface area contributed by atoms with Crippen LogP contribution in [-0.2, 0) is 22.6 Å². The van der Waals surface area contributed by atoms with Crippen molar-refractivity contribution in [1.29, 1.82) is 0 Å². The first-order chi connectivity index (χ1) is 15.9. The number of nitrogens with zero attached hydrogens (tertiary/aromatic N) is 4. The zero-order valence-electron chi connectivity index (χ0n) is 19.0. The van der Waals surface area contributed by atoms with E-state index < -0.39 is 11.8 Å². The second kappa shape index (κ2) is 8.47. The van der Waals surface area contributed by atoms with E-state index in [1.165, 1.54) is 17.3 Å². The number of rotatable bonds is 2. The largest absolute Gasteiger partial charge is 0.383 e. The van der Waals surface area contributed by atoms with Crippen molar-refractivity contribution in [3.63, 3.8) is 0 Å². The van der Waals surface area contributed by atoms with Crippen LogP contribution < -0.4 is 11.1 Å². The number of H-pyrrole nitrogens is 1. The van der Waals surface area contributed by atoms with Crippen molar-refractivity contribution in [2.24, 2.45) is 5.92 Å². The summed E-state index contributed by atoms with van der Waals surface area (Å²) >= 11 is 0. The Kier molecular flexibility index (Phi) is 5.49. The van der Waals surface area contributed by atoms with Gasteiger partial charge in [0.1, 0.15) is 11.3 Å². The molecule has 0 aliphatic carbocycles. The zero-order chi connectivity index (χ0) is 23.1. The molecule has 0 radical (unpaired) electrons. The van der Waals surface area contributed by atoms with Gasteiger partial charge in [0.15, 0.2) is 0 Å². The molecule has 9 heteroatoms. The smallest absolute Gasteiger partial charge is 0.314 e. The topological polar surface area (TPSA) is 120 Å². The zero-order valence-corrected chi connectivity index (χ0v) is 19.0. The highest BCUT2D eigenvalue weighted by molar-refractivity contribution is 6.40. The minimum atomic E-state index is -0.692. The Morgan fingerprint density at radius 3 is 2.94 bits per heavy atom. The second-order valence-electron chi connectivity index (χ2n) is 9.33. The Bertz CT molecular complexity index is 1220. The molecule has 2 aromatic heterocycles. The van der Waals surface area contributed by atoms with Crippen molar-refractivity contribution in [3.05, 3.63) is 47.3 Å². The summed E-state index contributed by atoms with van der Waals surface area (Å²) in [6.45, 7) is 4.63. The Morgan fingerprint density at radius 1 is 1.24 bits per heavy atom. The fourth-order valence-corrected chi connectivity index (χ4v) is 5.00. The van der Waals surface area contributed by atoms with Crippen LogP contribution in [0.15, 0.2) is 30.6 Å². The number of nitrogen functional groups attached to an aromatic ring is 1. The van der Waals surface area contributed by atoms with E-state index in [1.54, 1.807) is 11.1 Å². The molecule has 3 aromatic rings. The van der Waals surface area contributed by atoms with Gasteiger partial charge in [-0.3, -0.25) is 14.7 Å². The summed E-state index contributed by atoms with van der Waals surface area (Å²) in [5.74, 6) is -0.589. The summed E-state index contributed by atoms with van der Waals surface area (Å²) in [5.41, 5.74) is 10.5. The van der Waals surface area contributed by atoms with E-state index in [-0.39, 0.29) is 6.04 Å². The number of hydrogen-bond acceptors (Lipinski definition) is 6. The number of piperidine rings is 1. The quantitative estimate of drug-likeness (QED) is 0.519. The highest BCUT2D eigenvalue weighted by Gasteiger charge is 2.35. The van der Waals surface area contributed by atoms with Crippen LogP contribution in [-0.4, -0.2) is 56.9 Å². The average Bonchev–Trinajstić information content (AvgIpc) is 3.31. The first kappa shape index (κ1) is 21.4. The summed E-state index contributed by atoms with van der Waals surface area (Å²) in [4.78, 5) is 34.5.